The molecule has 0 saturated carbocycles. The van der Waals surface area contributed by atoms with E-state index in [0.29, 0.717) is 18.1 Å². The summed E-state index contributed by atoms with van der Waals surface area (Å²) in [5, 5.41) is 4.03. The maximum absolute atomic E-state index is 12.9. The molecule has 0 fully saturated rings. The van der Waals surface area contributed by atoms with Gasteiger partial charge in [0.1, 0.15) is 5.75 Å². The molecule has 3 aromatic rings. The van der Waals surface area contributed by atoms with Crippen molar-refractivity contribution in [2.75, 3.05) is 7.05 Å². The van der Waals surface area contributed by atoms with Crippen molar-refractivity contribution >= 4 is 5.91 Å². The lowest BCUT2D eigenvalue weighted by molar-refractivity contribution is -0.138. The molecule has 0 radical (unpaired) electrons. The Kier molecular flexibility index (Phi) is 6.32. The van der Waals surface area contributed by atoms with Gasteiger partial charge in [0.05, 0.1) is 6.54 Å². The van der Waals surface area contributed by atoms with Gasteiger partial charge in [-0.15, -0.1) is 0 Å². The van der Waals surface area contributed by atoms with Gasteiger partial charge in [0.25, 0.3) is 5.91 Å². The monoisotopic (exact) mass is 393 g/mol. The molecular weight excluding hydrogens is 366 g/mol. The van der Waals surface area contributed by atoms with Gasteiger partial charge in [-0.1, -0.05) is 59.6 Å². The van der Waals surface area contributed by atoms with Crippen molar-refractivity contribution in [3.63, 3.8) is 0 Å². The second-order valence-corrected chi connectivity index (χ2v) is 7.36. The summed E-state index contributed by atoms with van der Waals surface area (Å²) in [7, 11) is 1.71. The van der Waals surface area contributed by atoms with Crippen LogP contribution in [0.15, 0.2) is 47.0 Å². The quantitative estimate of drug-likeness (QED) is 0.592. The third-order valence-corrected chi connectivity index (χ3v) is 4.77. The van der Waals surface area contributed by atoms with Crippen molar-refractivity contribution in [3.05, 3.63) is 65.0 Å². The Morgan fingerprint density at radius 3 is 2.45 bits per heavy atom. The number of nitrogens with zero attached hydrogens (tertiary/aromatic N) is 3. The molecule has 2 aromatic carbocycles. The van der Waals surface area contributed by atoms with Crippen molar-refractivity contribution in [2.45, 2.75) is 46.8 Å². The van der Waals surface area contributed by atoms with E-state index in [-0.39, 0.29) is 12.5 Å². The Bertz CT molecular complexity index is 979. The normalized spacial score (nSPS) is 11.9. The number of benzene rings is 2. The highest BCUT2D eigenvalue weighted by Crippen LogP contribution is 2.22. The molecule has 1 aromatic heterocycles. The van der Waals surface area contributed by atoms with Gasteiger partial charge in [-0.3, -0.25) is 4.79 Å². The summed E-state index contributed by atoms with van der Waals surface area (Å²) in [6.07, 6.45) is -0.00419. The van der Waals surface area contributed by atoms with Crippen LogP contribution < -0.4 is 4.74 Å². The second-order valence-electron chi connectivity index (χ2n) is 7.36. The lowest BCUT2D eigenvalue weighted by Gasteiger charge is -2.23. The summed E-state index contributed by atoms with van der Waals surface area (Å²) < 4.78 is 11.3. The maximum atomic E-state index is 12.9. The fraction of sp³-hybridized carbons (Fsp3) is 0.348. The van der Waals surface area contributed by atoms with E-state index in [1.165, 1.54) is 0 Å². The lowest BCUT2D eigenvalue weighted by Crippen LogP contribution is -2.39. The third kappa shape index (κ3) is 5.02. The molecule has 0 N–H and O–H groups in total. The number of carbonyl (C=O) groups excluding carboxylic acids is 1. The minimum Gasteiger partial charge on any atom is -0.480 e. The van der Waals surface area contributed by atoms with Gasteiger partial charge in [-0.2, -0.15) is 4.98 Å². The standard InChI is InChI=1S/C23H27N3O3/c1-6-19(28-20-12-9-16(3)13-17(20)4)23(27)26(5)14-21-24-22(25-29-21)18-10-7-15(2)8-11-18/h7-13,19H,6,14H2,1-5H3. The van der Waals surface area contributed by atoms with Gasteiger partial charge in [0, 0.05) is 12.6 Å². The predicted molar refractivity (Wildman–Crippen MR) is 112 cm³/mol. The SMILES string of the molecule is CCC(Oc1ccc(C)cc1C)C(=O)N(C)Cc1nc(-c2ccc(C)cc2)no1. The minimum absolute atomic E-state index is 0.123. The van der Waals surface area contributed by atoms with E-state index >= 15 is 0 Å². The average molecular weight is 393 g/mol. The van der Waals surface area contributed by atoms with E-state index < -0.39 is 6.10 Å². The number of aryl methyl sites for hydroxylation is 3. The Morgan fingerprint density at radius 1 is 1.10 bits per heavy atom. The summed E-state index contributed by atoms with van der Waals surface area (Å²) in [6.45, 7) is 8.19. The first-order valence-corrected chi connectivity index (χ1v) is 9.76. The van der Waals surface area contributed by atoms with Crippen LogP contribution in [0.25, 0.3) is 11.4 Å². The van der Waals surface area contributed by atoms with Gasteiger partial charge in [-0.25, -0.2) is 0 Å². The molecule has 0 saturated heterocycles. The summed E-state index contributed by atoms with van der Waals surface area (Å²) in [5.74, 6) is 1.50. The number of hydrogen-bond donors (Lipinski definition) is 0. The largest absolute Gasteiger partial charge is 0.480 e. The highest BCUT2D eigenvalue weighted by Gasteiger charge is 2.24. The summed E-state index contributed by atoms with van der Waals surface area (Å²) in [4.78, 5) is 18.9. The number of aromatic nitrogens is 2. The average Bonchev–Trinajstić information content (AvgIpc) is 3.16. The van der Waals surface area contributed by atoms with Crippen LogP contribution in [0.3, 0.4) is 0 Å². The molecular formula is C23H27N3O3. The molecule has 0 aliphatic rings. The van der Waals surface area contributed by atoms with Crippen LogP contribution in [0.5, 0.6) is 5.75 Å². The van der Waals surface area contributed by atoms with Crippen LogP contribution >= 0.6 is 0 Å². The molecule has 1 unspecified atom stereocenters. The van der Waals surface area contributed by atoms with E-state index in [9.17, 15) is 4.79 Å². The fourth-order valence-corrected chi connectivity index (χ4v) is 3.06. The number of carbonyl (C=O) groups is 1. The Morgan fingerprint density at radius 2 is 1.79 bits per heavy atom. The Labute approximate surface area is 171 Å². The van der Waals surface area contributed by atoms with Gasteiger partial charge < -0.3 is 14.2 Å². The van der Waals surface area contributed by atoms with Crippen LogP contribution in [0.4, 0.5) is 0 Å². The summed E-state index contributed by atoms with van der Waals surface area (Å²) >= 11 is 0. The van der Waals surface area contributed by atoms with Crippen molar-refractivity contribution in [3.8, 4) is 17.1 Å². The summed E-state index contributed by atoms with van der Waals surface area (Å²) in [5.41, 5.74) is 4.21. The van der Waals surface area contributed by atoms with Gasteiger partial charge in [-0.05, 0) is 38.8 Å². The molecule has 0 aliphatic carbocycles. The highest BCUT2D eigenvalue weighted by molar-refractivity contribution is 5.81. The van der Waals surface area contributed by atoms with E-state index in [4.69, 9.17) is 9.26 Å². The van der Waals surface area contributed by atoms with Crippen molar-refractivity contribution in [1.29, 1.82) is 0 Å². The van der Waals surface area contributed by atoms with E-state index in [0.717, 1.165) is 28.0 Å². The minimum atomic E-state index is -0.569. The van der Waals surface area contributed by atoms with Crippen LogP contribution in [-0.2, 0) is 11.3 Å². The molecule has 152 valence electrons. The van der Waals surface area contributed by atoms with Crippen LogP contribution in [-0.4, -0.2) is 34.1 Å². The van der Waals surface area contributed by atoms with E-state index in [2.05, 4.69) is 10.1 Å². The van der Waals surface area contributed by atoms with E-state index in [1.807, 2.05) is 70.2 Å². The van der Waals surface area contributed by atoms with Crippen LogP contribution in [0, 0.1) is 20.8 Å². The first-order valence-electron chi connectivity index (χ1n) is 9.76. The highest BCUT2D eigenvalue weighted by atomic mass is 16.5. The zero-order valence-electron chi connectivity index (χ0n) is 17.6. The van der Waals surface area contributed by atoms with Crippen molar-refractivity contribution in [2.24, 2.45) is 0 Å². The first-order chi connectivity index (χ1) is 13.9. The predicted octanol–water partition coefficient (Wildman–Crippen LogP) is 4.48. The smallest absolute Gasteiger partial charge is 0.263 e. The van der Waals surface area contributed by atoms with Crippen LogP contribution in [0.2, 0.25) is 0 Å². The Hall–Kier alpha value is -3.15. The van der Waals surface area contributed by atoms with Gasteiger partial charge in [0.15, 0.2) is 6.10 Å². The van der Waals surface area contributed by atoms with E-state index in [1.54, 1.807) is 11.9 Å². The molecule has 1 heterocycles. The molecule has 29 heavy (non-hydrogen) atoms. The molecule has 6 heteroatoms. The molecule has 0 aliphatic heterocycles. The molecule has 0 bridgehead atoms. The lowest BCUT2D eigenvalue weighted by atomic mass is 10.1. The van der Waals surface area contributed by atoms with Crippen LogP contribution in [0.1, 0.15) is 35.9 Å². The first kappa shape index (κ1) is 20.6. The summed E-state index contributed by atoms with van der Waals surface area (Å²) in [6, 6.07) is 13.8. The van der Waals surface area contributed by atoms with Crippen molar-refractivity contribution in [1.82, 2.24) is 15.0 Å². The maximum Gasteiger partial charge on any atom is 0.263 e. The topological polar surface area (TPSA) is 68.5 Å². The van der Waals surface area contributed by atoms with Gasteiger partial charge in [0.2, 0.25) is 11.7 Å². The zero-order chi connectivity index (χ0) is 21.0. The number of rotatable bonds is 7. The van der Waals surface area contributed by atoms with Crippen molar-refractivity contribution < 1.29 is 14.1 Å². The number of ether oxygens (including phenoxy) is 1. The number of likely N-dealkylation sites (N-methyl/N-ethyl adjacent to an activating group) is 1. The molecule has 1 atom stereocenters. The van der Waals surface area contributed by atoms with Gasteiger partial charge >= 0.3 is 0 Å². The fourth-order valence-electron chi connectivity index (χ4n) is 3.06. The zero-order valence-corrected chi connectivity index (χ0v) is 17.6. The third-order valence-electron chi connectivity index (χ3n) is 4.77. The molecule has 6 nitrogen and oxygen atoms in total. The second kappa shape index (κ2) is 8.90. The Balaban J connectivity index is 1.66. The number of hydrogen-bond acceptors (Lipinski definition) is 5. The molecule has 0 spiro atoms. The molecule has 1 amide bonds. The molecule has 3 rings (SSSR count). The number of amides is 1.